The number of fused-ring (bicyclic) bond motifs is 1. The predicted molar refractivity (Wildman–Crippen MR) is 105 cm³/mol. The van der Waals surface area contributed by atoms with E-state index < -0.39 is 10.0 Å². The molecule has 1 fully saturated rings. The van der Waals surface area contributed by atoms with E-state index in [1.165, 1.54) is 5.56 Å². The maximum absolute atomic E-state index is 12.3. The fraction of sp³-hybridized carbons (Fsp3) is 0.350. The smallest absolute Gasteiger partial charge is 0.285 e. The number of hydrogen-bond acceptors (Lipinski definition) is 5. The summed E-state index contributed by atoms with van der Waals surface area (Å²) in [4.78, 5) is 4.80. The molecule has 0 bridgehead atoms. The predicted octanol–water partition coefficient (Wildman–Crippen LogP) is 2.52. The zero-order valence-electron chi connectivity index (χ0n) is 15.5. The van der Waals surface area contributed by atoms with Crippen molar-refractivity contribution in [2.24, 2.45) is 4.40 Å². The summed E-state index contributed by atoms with van der Waals surface area (Å²) < 4.78 is 33.9. The Kier molecular flexibility index (Phi) is 4.65. The van der Waals surface area contributed by atoms with E-state index in [0.29, 0.717) is 16.3 Å². The van der Waals surface area contributed by atoms with Crippen LogP contribution in [0, 0.1) is 0 Å². The van der Waals surface area contributed by atoms with Crippen LogP contribution in [0.4, 0.5) is 0 Å². The molecule has 0 spiro atoms. The summed E-state index contributed by atoms with van der Waals surface area (Å²) in [5, 5.41) is 0. The molecule has 2 aromatic rings. The van der Waals surface area contributed by atoms with E-state index in [1.807, 2.05) is 24.3 Å². The topological polar surface area (TPSA) is 62.2 Å². The Hall–Kier alpha value is -2.38. The monoisotopic (exact) mass is 385 g/mol. The molecule has 0 amide bonds. The Balaban J connectivity index is 1.48. The van der Waals surface area contributed by atoms with Crippen molar-refractivity contribution in [1.82, 2.24) is 9.80 Å². The van der Waals surface area contributed by atoms with Gasteiger partial charge < -0.3 is 9.64 Å². The lowest BCUT2D eigenvalue weighted by atomic mass is 10.1. The van der Waals surface area contributed by atoms with Crippen LogP contribution in [-0.4, -0.2) is 57.3 Å². The van der Waals surface area contributed by atoms with Crippen LogP contribution in [0.1, 0.15) is 24.1 Å². The normalized spacial score (nSPS) is 20.1. The molecule has 1 unspecified atom stereocenters. The maximum atomic E-state index is 12.3. The van der Waals surface area contributed by atoms with Crippen molar-refractivity contribution in [2.45, 2.75) is 17.9 Å². The number of nitrogens with zero attached hydrogens (tertiary/aromatic N) is 3. The van der Waals surface area contributed by atoms with Crippen LogP contribution in [0.15, 0.2) is 57.8 Å². The van der Waals surface area contributed by atoms with Gasteiger partial charge in [-0.05, 0) is 36.8 Å². The average molecular weight is 385 g/mol. The van der Waals surface area contributed by atoms with E-state index in [2.05, 4.69) is 33.3 Å². The molecule has 6 nitrogen and oxygen atoms in total. The molecule has 27 heavy (non-hydrogen) atoms. The maximum Gasteiger partial charge on any atom is 0.285 e. The quantitative estimate of drug-likeness (QED) is 0.812. The fourth-order valence-corrected chi connectivity index (χ4v) is 4.98. The zero-order chi connectivity index (χ0) is 19.0. The molecule has 0 N–H and O–H groups in total. The molecule has 0 saturated carbocycles. The molecule has 1 atom stereocenters. The minimum atomic E-state index is -3.57. The summed E-state index contributed by atoms with van der Waals surface area (Å²) >= 11 is 0. The van der Waals surface area contributed by atoms with Crippen LogP contribution in [0.2, 0.25) is 0 Å². The average Bonchev–Trinajstić information content (AvgIpc) is 2.99. The van der Waals surface area contributed by atoms with Gasteiger partial charge in [-0.1, -0.05) is 24.3 Å². The van der Waals surface area contributed by atoms with Gasteiger partial charge in [0.15, 0.2) is 5.84 Å². The van der Waals surface area contributed by atoms with Gasteiger partial charge in [-0.3, -0.25) is 4.90 Å². The second-order valence-corrected chi connectivity index (χ2v) is 8.43. The van der Waals surface area contributed by atoms with E-state index >= 15 is 0 Å². The number of amidine groups is 1. The van der Waals surface area contributed by atoms with Crippen LogP contribution in [0.25, 0.3) is 0 Å². The first-order chi connectivity index (χ1) is 13.0. The molecule has 4 rings (SSSR count). The van der Waals surface area contributed by atoms with Crippen LogP contribution < -0.4 is 4.74 Å². The molecule has 2 aliphatic heterocycles. The summed E-state index contributed by atoms with van der Waals surface area (Å²) in [5.41, 5.74) is 1.93. The van der Waals surface area contributed by atoms with Crippen molar-refractivity contribution in [1.29, 1.82) is 0 Å². The Labute approximate surface area is 160 Å². The highest BCUT2D eigenvalue weighted by molar-refractivity contribution is 7.90. The van der Waals surface area contributed by atoms with Gasteiger partial charge in [0.25, 0.3) is 10.0 Å². The molecule has 0 radical (unpaired) electrons. The van der Waals surface area contributed by atoms with Gasteiger partial charge in [-0.15, -0.1) is 4.40 Å². The van der Waals surface area contributed by atoms with Gasteiger partial charge in [0.05, 0.1) is 7.11 Å². The van der Waals surface area contributed by atoms with Gasteiger partial charge in [0.1, 0.15) is 10.6 Å². The minimum absolute atomic E-state index is 0.267. The minimum Gasteiger partial charge on any atom is -0.497 e. The third-order valence-corrected chi connectivity index (χ3v) is 6.68. The number of ether oxygens (including phenoxy) is 1. The lowest BCUT2D eigenvalue weighted by Gasteiger charge is -2.39. The Bertz CT molecular complexity index is 979. The second kappa shape index (κ2) is 6.98. The summed E-state index contributed by atoms with van der Waals surface area (Å²) in [5.74, 6) is 1.44. The summed E-state index contributed by atoms with van der Waals surface area (Å²) in [6.07, 6.45) is 0. The number of piperazine rings is 1. The third kappa shape index (κ3) is 3.33. The SMILES string of the molecule is COc1cccc(C(C)N2CCN(C3=NS(=O)(=O)c4ccccc43)CC2)c1. The molecular formula is C20H23N3O3S. The number of hydrogen-bond donors (Lipinski definition) is 0. The largest absolute Gasteiger partial charge is 0.497 e. The molecule has 0 aliphatic carbocycles. The van der Waals surface area contributed by atoms with Crippen LogP contribution in [-0.2, 0) is 10.0 Å². The highest BCUT2D eigenvalue weighted by Gasteiger charge is 2.33. The molecular weight excluding hydrogens is 362 g/mol. The first-order valence-electron chi connectivity index (χ1n) is 9.07. The van der Waals surface area contributed by atoms with Crippen LogP contribution >= 0.6 is 0 Å². The van der Waals surface area contributed by atoms with Crippen molar-refractivity contribution in [2.75, 3.05) is 33.3 Å². The summed E-state index contributed by atoms with van der Waals surface area (Å²) in [6, 6.07) is 15.5. The molecule has 2 heterocycles. The van der Waals surface area contributed by atoms with Gasteiger partial charge in [-0.25, -0.2) is 0 Å². The van der Waals surface area contributed by atoms with E-state index in [0.717, 1.165) is 31.9 Å². The molecule has 2 aliphatic rings. The summed E-state index contributed by atoms with van der Waals surface area (Å²) in [7, 11) is -1.89. The molecule has 0 aromatic heterocycles. The third-order valence-electron chi connectivity index (χ3n) is 5.35. The zero-order valence-corrected chi connectivity index (χ0v) is 16.3. The number of benzene rings is 2. The van der Waals surface area contributed by atoms with Crippen molar-refractivity contribution >= 4 is 15.9 Å². The first-order valence-corrected chi connectivity index (χ1v) is 10.5. The van der Waals surface area contributed by atoms with E-state index in [4.69, 9.17) is 4.74 Å². The Morgan fingerprint density at radius 1 is 1.04 bits per heavy atom. The molecule has 7 heteroatoms. The van der Waals surface area contributed by atoms with Gasteiger partial charge in [0, 0.05) is 37.8 Å². The Morgan fingerprint density at radius 3 is 2.52 bits per heavy atom. The first kappa shape index (κ1) is 18.0. The lowest BCUT2D eigenvalue weighted by Crippen LogP contribution is -2.49. The van der Waals surface area contributed by atoms with Crippen LogP contribution in [0.5, 0.6) is 5.75 Å². The van der Waals surface area contributed by atoms with Crippen LogP contribution in [0.3, 0.4) is 0 Å². The van der Waals surface area contributed by atoms with E-state index in [1.54, 1.807) is 19.2 Å². The Morgan fingerprint density at radius 2 is 1.78 bits per heavy atom. The fourth-order valence-electron chi connectivity index (χ4n) is 3.75. The van der Waals surface area contributed by atoms with E-state index in [9.17, 15) is 8.42 Å². The van der Waals surface area contributed by atoms with Crippen molar-refractivity contribution in [3.63, 3.8) is 0 Å². The molecule has 2 aromatic carbocycles. The second-order valence-electron chi connectivity index (χ2n) is 6.86. The van der Waals surface area contributed by atoms with Gasteiger partial charge >= 0.3 is 0 Å². The standard InChI is InChI=1S/C20H23N3O3S/c1-15(16-6-5-7-17(14-16)26-2)22-10-12-23(13-11-22)20-18-8-3-4-9-19(18)27(24,25)21-20/h3-9,14-15H,10-13H2,1-2H3. The highest BCUT2D eigenvalue weighted by Crippen LogP contribution is 2.29. The molecule has 142 valence electrons. The highest BCUT2D eigenvalue weighted by atomic mass is 32.2. The molecule has 1 saturated heterocycles. The summed E-state index contributed by atoms with van der Waals surface area (Å²) in [6.45, 7) is 5.38. The number of rotatable bonds is 3. The van der Waals surface area contributed by atoms with Gasteiger partial charge in [-0.2, -0.15) is 8.42 Å². The van der Waals surface area contributed by atoms with Gasteiger partial charge in [0.2, 0.25) is 0 Å². The number of sulfonamides is 1. The van der Waals surface area contributed by atoms with Crippen molar-refractivity contribution < 1.29 is 13.2 Å². The number of methoxy groups -OCH3 is 1. The lowest BCUT2D eigenvalue weighted by molar-refractivity contribution is 0.141. The van der Waals surface area contributed by atoms with Crippen molar-refractivity contribution in [3.05, 3.63) is 59.7 Å². The van der Waals surface area contributed by atoms with E-state index in [-0.39, 0.29) is 6.04 Å². The van der Waals surface area contributed by atoms with Crippen molar-refractivity contribution in [3.8, 4) is 5.75 Å².